The molecule has 2 aromatic rings. The van der Waals surface area contributed by atoms with Gasteiger partial charge in [-0.3, -0.25) is 14.7 Å². The third kappa shape index (κ3) is 3.85. The fourth-order valence-electron chi connectivity index (χ4n) is 2.86. The molecule has 1 fully saturated rings. The standard InChI is InChI=1S/C17H19FN4O3/c18-12-6-2-1-5-11(12)16-13(9-19-21-16)20-15(24)10-22-8-4-3-7-14(23)17(22)25/h1-2,5-6,9,14,23H,3-4,7-8,10H2,(H,19,21)(H,20,24). The molecule has 0 radical (unpaired) electrons. The summed E-state index contributed by atoms with van der Waals surface area (Å²) in [7, 11) is 0. The lowest BCUT2D eigenvalue weighted by molar-refractivity contribution is -0.141. The molecule has 1 aromatic carbocycles. The number of carbonyl (C=O) groups excluding carboxylic acids is 2. The number of halogens is 1. The first-order chi connectivity index (χ1) is 12.1. The first kappa shape index (κ1) is 17.1. The van der Waals surface area contributed by atoms with Crippen LogP contribution in [0.5, 0.6) is 0 Å². The number of likely N-dealkylation sites (tertiary alicyclic amines) is 1. The highest BCUT2D eigenvalue weighted by atomic mass is 19.1. The molecule has 0 saturated carbocycles. The molecule has 3 rings (SSSR count). The van der Waals surface area contributed by atoms with Gasteiger partial charge in [0.05, 0.1) is 24.1 Å². The minimum absolute atomic E-state index is 0.169. The van der Waals surface area contributed by atoms with E-state index in [2.05, 4.69) is 15.5 Å². The molecule has 3 N–H and O–H groups in total. The number of rotatable bonds is 4. The van der Waals surface area contributed by atoms with E-state index in [4.69, 9.17) is 0 Å². The second-order valence-electron chi connectivity index (χ2n) is 5.96. The highest BCUT2D eigenvalue weighted by Crippen LogP contribution is 2.27. The molecule has 1 atom stereocenters. The Labute approximate surface area is 143 Å². The number of hydrogen-bond acceptors (Lipinski definition) is 4. The van der Waals surface area contributed by atoms with E-state index >= 15 is 0 Å². The Morgan fingerprint density at radius 2 is 2.20 bits per heavy atom. The molecule has 0 bridgehead atoms. The average Bonchev–Trinajstić information content (AvgIpc) is 2.98. The van der Waals surface area contributed by atoms with Gasteiger partial charge < -0.3 is 15.3 Å². The van der Waals surface area contributed by atoms with E-state index in [-0.39, 0.29) is 12.1 Å². The zero-order valence-electron chi connectivity index (χ0n) is 13.5. The number of nitrogens with one attached hydrogen (secondary N) is 2. The van der Waals surface area contributed by atoms with Crippen molar-refractivity contribution in [3.63, 3.8) is 0 Å². The van der Waals surface area contributed by atoms with E-state index in [0.29, 0.717) is 24.3 Å². The van der Waals surface area contributed by atoms with Gasteiger partial charge in [-0.2, -0.15) is 5.10 Å². The van der Waals surface area contributed by atoms with Gasteiger partial charge in [0.2, 0.25) is 5.91 Å². The Bertz CT molecular complexity index is 777. The molecule has 2 amide bonds. The van der Waals surface area contributed by atoms with Crippen LogP contribution in [0.3, 0.4) is 0 Å². The Balaban J connectivity index is 1.71. The maximum absolute atomic E-state index is 13.9. The van der Waals surface area contributed by atoms with E-state index in [1.165, 1.54) is 17.2 Å². The monoisotopic (exact) mass is 346 g/mol. The third-order valence-electron chi connectivity index (χ3n) is 4.14. The molecule has 0 aliphatic carbocycles. The van der Waals surface area contributed by atoms with Gasteiger partial charge in [-0.25, -0.2) is 4.39 Å². The van der Waals surface area contributed by atoms with Crippen molar-refractivity contribution < 1.29 is 19.1 Å². The van der Waals surface area contributed by atoms with Gasteiger partial charge in [0.15, 0.2) is 0 Å². The number of hydrogen-bond donors (Lipinski definition) is 3. The number of nitrogens with zero attached hydrogens (tertiary/aromatic N) is 2. The third-order valence-corrected chi connectivity index (χ3v) is 4.14. The number of carbonyl (C=O) groups is 2. The number of amides is 2. The molecule has 1 aromatic heterocycles. The SMILES string of the molecule is O=C(CN1CCCCC(O)C1=O)Nc1cn[nH]c1-c1ccccc1F. The molecule has 7 nitrogen and oxygen atoms in total. The molecule has 25 heavy (non-hydrogen) atoms. The number of aromatic nitrogens is 2. The predicted octanol–water partition coefficient (Wildman–Crippen LogP) is 1.53. The van der Waals surface area contributed by atoms with Crippen LogP contribution in [0.4, 0.5) is 10.1 Å². The van der Waals surface area contributed by atoms with Crippen molar-refractivity contribution in [2.24, 2.45) is 0 Å². The van der Waals surface area contributed by atoms with Crippen LogP contribution < -0.4 is 5.32 Å². The van der Waals surface area contributed by atoms with Crippen molar-refractivity contribution in [1.29, 1.82) is 0 Å². The van der Waals surface area contributed by atoms with Crippen molar-refractivity contribution in [3.05, 3.63) is 36.3 Å². The van der Waals surface area contributed by atoms with Crippen LogP contribution in [0.2, 0.25) is 0 Å². The summed E-state index contributed by atoms with van der Waals surface area (Å²) in [4.78, 5) is 25.7. The van der Waals surface area contributed by atoms with Crippen molar-refractivity contribution in [1.82, 2.24) is 15.1 Å². The average molecular weight is 346 g/mol. The molecule has 132 valence electrons. The summed E-state index contributed by atoms with van der Waals surface area (Å²) in [5.74, 6) is -1.30. The smallest absolute Gasteiger partial charge is 0.251 e. The van der Waals surface area contributed by atoms with Crippen LogP contribution in [0.1, 0.15) is 19.3 Å². The van der Waals surface area contributed by atoms with E-state index < -0.39 is 23.7 Å². The van der Waals surface area contributed by atoms with Gasteiger partial charge in [-0.1, -0.05) is 12.1 Å². The number of aromatic amines is 1. The Hall–Kier alpha value is -2.74. The summed E-state index contributed by atoms with van der Waals surface area (Å²) in [5.41, 5.74) is 0.975. The molecule has 1 aliphatic rings. The lowest BCUT2D eigenvalue weighted by atomic mass is 10.1. The largest absolute Gasteiger partial charge is 0.383 e. The molecule has 0 spiro atoms. The summed E-state index contributed by atoms with van der Waals surface area (Å²) in [6.45, 7) is 0.257. The highest BCUT2D eigenvalue weighted by molar-refractivity contribution is 5.97. The maximum Gasteiger partial charge on any atom is 0.251 e. The summed E-state index contributed by atoms with van der Waals surface area (Å²) >= 11 is 0. The van der Waals surface area contributed by atoms with E-state index in [1.54, 1.807) is 18.2 Å². The number of H-pyrrole nitrogens is 1. The van der Waals surface area contributed by atoms with Gasteiger partial charge in [-0.15, -0.1) is 0 Å². The topological polar surface area (TPSA) is 98.3 Å². The van der Waals surface area contributed by atoms with Gasteiger partial charge in [-0.05, 0) is 31.4 Å². The van der Waals surface area contributed by atoms with E-state index in [9.17, 15) is 19.1 Å². The molecule has 8 heteroatoms. The molecule has 1 aliphatic heterocycles. The normalized spacial score (nSPS) is 18.1. The Kier molecular flexibility index (Phi) is 5.08. The fraction of sp³-hybridized carbons (Fsp3) is 0.353. The van der Waals surface area contributed by atoms with E-state index in [0.717, 1.165) is 12.8 Å². The molecular weight excluding hydrogens is 327 g/mol. The minimum atomic E-state index is -1.06. The van der Waals surface area contributed by atoms with Crippen LogP contribution in [0.15, 0.2) is 30.5 Å². The quantitative estimate of drug-likeness (QED) is 0.782. The van der Waals surface area contributed by atoms with Gasteiger partial charge >= 0.3 is 0 Å². The van der Waals surface area contributed by atoms with Crippen LogP contribution in [0.25, 0.3) is 11.3 Å². The number of aliphatic hydroxyl groups is 1. The second-order valence-corrected chi connectivity index (χ2v) is 5.96. The summed E-state index contributed by atoms with van der Waals surface area (Å²) in [6.07, 6.45) is 2.22. The molecule has 1 unspecified atom stereocenters. The van der Waals surface area contributed by atoms with Crippen molar-refractivity contribution in [3.8, 4) is 11.3 Å². The molecule has 1 saturated heterocycles. The van der Waals surface area contributed by atoms with Gasteiger partial charge in [0.25, 0.3) is 5.91 Å². The predicted molar refractivity (Wildman–Crippen MR) is 89.0 cm³/mol. The first-order valence-electron chi connectivity index (χ1n) is 8.11. The first-order valence-corrected chi connectivity index (χ1v) is 8.11. The lowest BCUT2D eigenvalue weighted by Crippen LogP contribution is -2.42. The fourth-order valence-corrected chi connectivity index (χ4v) is 2.86. The minimum Gasteiger partial charge on any atom is -0.383 e. The van der Waals surface area contributed by atoms with Crippen molar-refractivity contribution in [2.75, 3.05) is 18.4 Å². The maximum atomic E-state index is 13.9. The Morgan fingerprint density at radius 3 is 3.00 bits per heavy atom. The highest BCUT2D eigenvalue weighted by Gasteiger charge is 2.26. The van der Waals surface area contributed by atoms with Crippen LogP contribution in [-0.2, 0) is 9.59 Å². The zero-order valence-corrected chi connectivity index (χ0v) is 13.5. The summed E-state index contributed by atoms with van der Waals surface area (Å²) in [6, 6.07) is 6.15. The lowest BCUT2D eigenvalue weighted by Gasteiger charge is -2.21. The van der Waals surface area contributed by atoms with E-state index in [1.807, 2.05) is 0 Å². The molecule has 2 heterocycles. The van der Waals surface area contributed by atoms with Crippen LogP contribution >= 0.6 is 0 Å². The Morgan fingerprint density at radius 1 is 1.40 bits per heavy atom. The van der Waals surface area contributed by atoms with Crippen LogP contribution in [0, 0.1) is 5.82 Å². The second kappa shape index (κ2) is 7.43. The van der Waals surface area contributed by atoms with Crippen LogP contribution in [-0.4, -0.2) is 51.2 Å². The number of aliphatic hydroxyl groups excluding tert-OH is 1. The number of benzene rings is 1. The van der Waals surface area contributed by atoms with Crippen molar-refractivity contribution in [2.45, 2.75) is 25.4 Å². The zero-order chi connectivity index (χ0) is 17.8. The summed E-state index contributed by atoms with van der Waals surface area (Å²) in [5, 5.41) is 18.9. The van der Waals surface area contributed by atoms with Gasteiger partial charge in [0.1, 0.15) is 11.9 Å². The number of anilines is 1. The van der Waals surface area contributed by atoms with Gasteiger partial charge in [0, 0.05) is 12.1 Å². The summed E-state index contributed by atoms with van der Waals surface area (Å²) < 4.78 is 13.9. The van der Waals surface area contributed by atoms with Crippen molar-refractivity contribution >= 4 is 17.5 Å². The molecular formula is C17H19FN4O3.